The fraction of sp³-hybridized carbons (Fsp3) is 0.263. The van der Waals surface area contributed by atoms with Crippen LogP contribution >= 0.6 is 11.6 Å². The van der Waals surface area contributed by atoms with E-state index in [1.807, 2.05) is 4.68 Å². The predicted octanol–water partition coefficient (Wildman–Crippen LogP) is 1.20. The molecule has 3 aliphatic rings. The van der Waals surface area contributed by atoms with Gasteiger partial charge in [-0.15, -0.1) is 0 Å². The Morgan fingerprint density at radius 3 is 2.96 bits per heavy atom. The van der Waals surface area contributed by atoms with Gasteiger partial charge in [0.05, 0.1) is 16.1 Å². The molecule has 2 aromatic rings. The second-order valence-electron chi connectivity index (χ2n) is 6.96. The molecule has 0 fully saturated rings. The Kier molecular flexibility index (Phi) is 3.83. The third-order valence-corrected chi connectivity index (χ3v) is 5.56. The van der Waals surface area contributed by atoms with E-state index in [0.29, 0.717) is 24.3 Å². The number of rotatable bonds is 1. The van der Waals surface area contributed by atoms with Gasteiger partial charge in [-0.2, -0.15) is 5.10 Å². The van der Waals surface area contributed by atoms with Crippen LogP contribution in [0.5, 0.6) is 0 Å². The second-order valence-corrected chi connectivity index (χ2v) is 7.37. The molecule has 0 saturated carbocycles. The van der Waals surface area contributed by atoms with Gasteiger partial charge in [-0.3, -0.25) is 4.68 Å². The number of urea groups is 1. The van der Waals surface area contributed by atoms with E-state index in [1.54, 1.807) is 18.3 Å². The third-order valence-electron chi connectivity index (χ3n) is 5.27. The summed E-state index contributed by atoms with van der Waals surface area (Å²) in [5.41, 5.74) is 11.9. The van der Waals surface area contributed by atoms with Gasteiger partial charge in [-0.25, -0.2) is 14.7 Å². The maximum absolute atomic E-state index is 13.6. The quantitative estimate of drug-likeness (QED) is 0.752. The van der Waals surface area contributed by atoms with E-state index in [-0.39, 0.29) is 5.02 Å². The smallest absolute Gasteiger partial charge is 0.318 e. The number of nitrogens with two attached hydrogens (primary N) is 1. The molecular formula is C19H17ClFN5O2. The molecule has 9 heteroatoms. The maximum Gasteiger partial charge on any atom is 0.318 e. The van der Waals surface area contributed by atoms with Crippen molar-refractivity contribution in [2.45, 2.75) is 25.8 Å². The number of carbonyl (C=O) groups is 1. The summed E-state index contributed by atoms with van der Waals surface area (Å²) in [4.78, 5) is 18.9. The monoisotopic (exact) mass is 401 g/mol. The van der Waals surface area contributed by atoms with Gasteiger partial charge in [0.2, 0.25) is 0 Å². The minimum absolute atomic E-state index is 0.0455. The lowest BCUT2D eigenvalue weighted by atomic mass is 10.0. The average molecular weight is 402 g/mol. The van der Waals surface area contributed by atoms with Crippen LogP contribution in [0.15, 0.2) is 23.8 Å². The van der Waals surface area contributed by atoms with Crippen LogP contribution in [-0.2, 0) is 17.8 Å². The fourth-order valence-electron chi connectivity index (χ4n) is 3.94. The Hall–Kier alpha value is -3.00. The number of hydrogen-bond donors (Lipinski definition) is 2. The van der Waals surface area contributed by atoms with Crippen LogP contribution in [0.1, 0.15) is 24.1 Å². The molecule has 1 aromatic carbocycles. The number of amides is 2. The molecule has 7 nitrogen and oxygen atoms in total. The van der Waals surface area contributed by atoms with Crippen LogP contribution in [0, 0.1) is 5.82 Å². The van der Waals surface area contributed by atoms with Crippen LogP contribution in [0.4, 0.5) is 9.18 Å². The van der Waals surface area contributed by atoms with Gasteiger partial charge in [0, 0.05) is 42.1 Å². The number of hydroxylamine groups is 1. The third kappa shape index (κ3) is 2.56. The van der Waals surface area contributed by atoms with E-state index in [9.17, 15) is 9.18 Å². The highest BCUT2D eigenvalue weighted by atomic mass is 35.5. The van der Waals surface area contributed by atoms with E-state index in [2.05, 4.69) is 5.48 Å². The van der Waals surface area contributed by atoms with Crippen LogP contribution < -0.4 is 21.8 Å². The number of benzene rings is 1. The molecule has 3 N–H and O–H groups in total. The average Bonchev–Trinajstić information content (AvgIpc) is 3.19. The summed E-state index contributed by atoms with van der Waals surface area (Å²) in [7, 11) is 0. The SMILES string of the molecule is NC(=O)N1C=c2c(nn3c2=C2NOC(c4ccc(F)c(Cl)c4)=C2CCC3)CC1. The molecule has 144 valence electrons. The highest BCUT2D eigenvalue weighted by Gasteiger charge is 2.29. The Morgan fingerprint density at radius 1 is 1.32 bits per heavy atom. The first-order chi connectivity index (χ1) is 13.5. The summed E-state index contributed by atoms with van der Waals surface area (Å²) in [5.74, 6) is 0.156. The summed E-state index contributed by atoms with van der Waals surface area (Å²) < 4.78 is 15.5. The zero-order valence-corrected chi connectivity index (χ0v) is 15.6. The molecule has 3 aliphatic heterocycles. The van der Waals surface area contributed by atoms with Gasteiger partial charge in [-0.05, 0) is 31.0 Å². The second kappa shape index (κ2) is 6.27. The number of aryl methyl sites for hydroxylation is 1. The zero-order valence-electron chi connectivity index (χ0n) is 14.8. The topological polar surface area (TPSA) is 85.4 Å². The molecular weight excluding hydrogens is 385 g/mol. The lowest BCUT2D eigenvalue weighted by Gasteiger charge is -2.18. The van der Waals surface area contributed by atoms with Crippen molar-refractivity contribution in [2.24, 2.45) is 5.73 Å². The molecule has 1 aromatic heterocycles. The normalized spacial score (nSPS) is 17.8. The number of aromatic nitrogens is 2. The van der Waals surface area contributed by atoms with Crippen molar-refractivity contribution in [2.75, 3.05) is 6.54 Å². The van der Waals surface area contributed by atoms with E-state index in [4.69, 9.17) is 27.3 Å². The van der Waals surface area contributed by atoms with Crippen LogP contribution in [0.25, 0.3) is 17.7 Å². The van der Waals surface area contributed by atoms with Crippen LogP contribution in [-0.4, -0.2) is 27.3 Å². The van der Waals surface area contributed by atoms with Crippen molar-refractivity contribution in [3.63, 3.8) is 0 Å². The van der Waals surface area contributed by atoms with E-state index >= 15 is 0 Å². The van der Waals surface area contributed by atoms with E-state index < -0.39 is 11.8 Å². The number of primary amides is 1. The van der Waals surface area contributed by atoms with E-state index in [0.717, 1.165) is 46.9 Å². The molecule has 0 spiro atoms. The van der Waals surface area contributed by atoms with Gasteiger partial charge in [-0.1, -0.05) is 11.6 Å². The molecule has 28 heavy (non-hydrogen) atoms. The zero-order chi connectivity index (χ0) is 19.4. The first-order valence-corrected chi connectivity index (χ1v) is 9.40. The van der Waals surface area contributed by atoms with Crippen LogP contribution in [0.2, 0.25) is 5.02 Å². The Labute approximate surface area is 164 Å². The lowest BCUT2D eigenvalue weighted by molar-refractivity contribution is 0.224. The molecule has 0 radical (unpaired) electrons. The molecule has 0 saturated heterocycles. The van der Waals surface area contributed by atoms with E-state index in [1.165, 1.54) is 11.0 Å². The van der Waals surface area contributed by atoms with Crippen molar-refractivity contribution in [3.05, 3.63) is 56.4 Å². The lowest BCUT2D eigenvalue weighted by Crippen LogP contribution is -2.43. The first kappa shape index (κ1) is 17.1. The highest BCUT2D eigenvalue weighted by molar-refractivity contribution is 6.30. The van der Waals surface area contributed by atoms with Crippen molar-refractivity contribution < 1.29 is 14.0 Å². The van der Waals surface area contributed by atoms with Crippen LogP contribution in [0.3, 0.4) is 0 Å². The molecule has 0 unspecified atom stereocenters. The molecule has 0 aliphatic carbocycles. The van der Waals surface area contributed by atoms with Crippen molar-refractivity contribution in [1.82, 2.24) is 20.2 Å². The molecule has 5 rings (SSSR count). The largest absolute Gasteiger partial charge is 0.381 e. The van der Waals surface area contributed by atoms with Crippen molar-refractivity contribution in [3.8, 4) is 0 Å². The van der Waals surface area contributed by atoms with Crippen molar-refractivity contribution >= 4 is 35.3 Å². The van der Waals surface area contributed by atoms with Gasteiger partial charge in [0.25, 0.3) is 0 Å². The number of carbonyl (C=O) groups excluding carboxylic acids is 1. The number of fused-ring (bicyclic) bond motifs is 4. The Balaban J connectivity index is 1.75. The maximum atomic E-state index is 13.6. The Bertz CT molecular complexity index is 1170. The summed E-state index contributed by atoms with van der Waals surface area (Å²) in [5, 5.41) is 6.51. The number of nitrogens with one attached hydrogen (secondary N) is 1. The van der Waals surface area contributed by atoms with Crippen molar-refractivity contribution in [1.29, 1.82) is 0 Å². The Morgan fingerprint density at radius 2 is 2.18 bits per heavy atom. The van der Waals surface area contributed by atoms with Gasteiger partial charge < -0.3 is 15.5 Å². The standard InChI is InChI=1S/C19H17ClFN5O2/c20-13-8-10(3-4-14(13)21)18-11-2-1-6-26-17(16(11)24-28-18)12-9-25(19(22)27)7-5-15(12)23-26/h3-4,8-9,24H,1-2,5-7H2,(H2,22,27). The molecule has 2 amide bonds. The molecule has 4 heterocycles. The minimum Gasteiger partial charge on any atom is -0.381 e. The predicted molar refractivity (Wildman–Crippen MR) is 101 cm³/mol. The first-order valence-electron chi connectivity index (χ1n) is 9.02. The summed E-state index contributed by atoms with van der Waals surface area (Å²) in [6.07, 6.45) is 4.03. The summed E-state index contributed by atoms with van der Waals surface area (Å²) in [6, 6.07) is 4.04. The van der Waals surface area contributed by atoms with Gasteiger partial charge in [0.1, 0.15) is 11.5 Å². The number of nitrogens with zero attached hydrogens (tertiary/aromatic N) is 3. The molecule has 0 bridgehead atoms. The fourth-order valence-corrected chi connectivity index (χ4v) is 4.12. The minimum atomic E-state index is -0.489. The number of halogens is 2. The highest BCUT2D eigenvalue weighted by Crippen LogP contribution is 2.34. The summed E-state index contributed by atoms with van der Waals surface area (Å²) >= 11 is 5.96. The number of hydrogen-bond acceptors (Lipinski definition) is 4. The van der Waals surface area contributed by atoms with Gasteiger partial charge in [0.15, 0.2) is 5.76 Å². The van der Waals surface area contributed by atoms with Gasteiger partial charge >= 0.3 is 6.03 Å². The summed E-state index contributed by atoms with van der Waals surface area (Å²) in [6.45, 7) is 1.26. The molecule has 0 atom stereocenters.